The fourth-order valence-electron chi connectivity index (χ4n) is 0.696. The van der Waals surface area contributed by atoms with Crippen LogP contribution in [0.3, 0.4) is 0 Å². The van der Waals surface area contributed by atoms with Gasteiger partial charge in [-0.15, -0.1) is 37.0 Å². The molecule has 0 aliphatic rings. The summed E-state index contributed by atoms with van der Waals surface area (Å²) >= 11 is 0. The molecular weight excluding hydrogens is 188 g/mol. The van der Waals surface area contributed by atoms with Crippen LogP contribution in [0.25, 0.3) is 0 Å². The molecule has 0 aromatic heterocycles. The van der Waals surface area contributed by atoms with Gasteiger partial charge >= 0.3 is 0 Å². The van der Waals surface area contributed by atoms with Gasteiger partial charge in [0, 0.05) is 7.59 Å². The van der Waals surface area contributed by atoms with E-state index >= 15 is 0 Å². The maximum Gasteiger partial charge on any atom is 0.0888 e. The van der Waals surface area contributed by atoms with E-state index in [1.165, 1.54) is 0 Å². The molecule has 0 atom stereocenters. The topological polar surface area (TPSA) is 0 Å². The molecule has 0 N–H and O–H groups in total. The van der Waals surface area contributed by atoms with Gasteiger partial charge in [0.2, 0.25) is 0 Å². The third kappa shape index (κ3) is 2.97. The molecule has 3 heteroatoms. The van der Waals surface area contributed by atoms with E-state index < -0.39 is 15.2 Å². The zero-order valence-electron chi connectivity index (χ0n) is 7.98. The molecule has 0 rings (SSSR count). The molecule has 0 nitrogen and oxygen atoms in total. The molecule has 0 aliphatic heterocycles. The Labute approximate surface area is 78.6 Å². The second-order valence-electron chi connectivity index (χ2n) is 3.94. The van der Waals surface area contributed by atoms with Gasteiger partial charge in [0.25, 0.3) is 0 Å². The zero-order chi connectivity index (χ0) is 8.41. The molecule has 0 unspecified atom stereocenters. The second-order valence-corrected chi connectivity index (χ2v) is 19.6. The van der Waals surface area contributed by atoms with Crippen LogP contribution in [-0.2, 0) is 0 Å². The Kier molecular flexibility index (Phi) is 5.36. The lowest BCUT2D eigenvalue weighted by Crippen LogP contribution is -2.51. The predicted molar refractivity (Wildman–Crippen MR) is 62.6 cm³/mol. The van der Waals surface area contributed by atoms with E-state index in [1.807, 2.05) is 0 Å². The monoisotopic (exact) mass is 206 g/mol. The van der Waals surface area contributed by atoms with Crippen LogP contribution < -0.4 is 0 Å². The molecule has 0 bridgehead atoms. The lowest BCUT2D eigenvalue weighted by atomic mass is 11.2. The quantitative estimate of drug-likeness (QED) is 0.622. The van der Waals surface area contributed by atoms with Crippen molar-refractivity contribution in [3.05, 3.63) is 24.6 Å². The van der Waals surface area contributed by atoms with Gasteiger partial charge in [0.1, 0.15) is 0 Å². The molecule has 0 aromatic rings. The minimum absolute atomic E-state index is 0. The summed E-state index contributed by atoms with van der Waals surface area (Å²) in [6.45, 7) is 17.3. The highest BCUT2D eigenvalue weighted by Crippen LogP contribution is 2.20. The predicted octanol–water partition coefficient (Wildman–Crippen LogP) is 3.35. The van der Waals surface area contributed by atoms with Crippen LogP contribution in [0.4, 0.5) is 0 Å². The van der Waals surface area contributed by atoms with Gasteiger partial charge < -0.3 is 0 Å². The molecule has 0 spiro atoms. The first-order valence-electron chi connectivity index (χ1n) is 3.64. The summed E-state index contributed by atoms with van der Waals surface area (Å²) in [4.78, 5) is 0. The number of halogens is 1. The number of hydrogen-bond donors (Lipinski definition) is 0. The van der Waals surface area contributed by atoms with Crippen LogP contribution >= 0.6 is 12.4 Å². The molecular formula is C8H19ClSi2. The van der Waals surface area contributed by atoms with Crippen LogP contribution in [-0.4, -0.2) is 15.2 Å². The lowest BCUT2D eigenvalue weighted by molar-refractivity contribution is 1.78. The molecule has 0 amide bonds. The second kappa shape index (κ2) is 4.28. The summed E-state index contributed by atoms with van der Waals surface area (Å²) in [7, 11) is -2.24. The average Bonchev–Trinajstić information content (AvgIpc) is 1.84. The van der Waals surface area contributed by atoms with Gasteiger partial charge in [-0.25, -0.2) is 0 Å². The highest BCUT2D eigenvalue weighted by molar-refractivity contribution is 7.44. The van der Waals surface area contributed by atoms with Gasteiger partial charge in [0.05, 0.1) is 7.59 Å². The molecule has 66 valence electrons. The van der Waals surface area contributed by atoms with Crippen LogP contribution in [0.15, 0.2) is 24.6 Å². The van der Waals surface area contributed by atoms with Gasteiger partial charge in [-0.3, -0.25) is 0 Å². The van der Waals surface area contributed by atoms with Crippen LogP contribution in [0.5, 0.6) is 0 Å². The molecule has 0 saturated heterocycles. The van der Waals surface area contributed by atoms with Crippen molar-refractivity contribution in [3.63, 3.8) is 0 Å². The first kappa shape index (κ1) is 13.8. The minimum atomic E-state index is -1.23. The molecule has 0 radical (unpaired) electrons. The summed E-state index contributed by atoms with van der Waals surface area (Å²) in [5.41, 5.74) is 4.32. The highest BCUT2D eigenvalue weighted by atomic mass is 35.5. The van der Waals surface area contributed by atoms with E-state index in [2.05, 4.69) is 50.7 Å². The fourth-order valence-corrected chi connectivity index (χ4v) is 5.76. The van der Waals surface area contributed by atoms with Gasteiger partial charge in [-0.2, -0.15) is 0 Å². The molecule has 0 aliphatic carbocycles. The Hall–Kier alpha value is 0.204. The van der Waals surface area contributed by atoms with E-state index in [0.29, 0.717) is 0 Å². The molecule has 0 saturated carbocycles. The van der Waals surface area contributed by atoms with Gasteiger partial charge in [0.15, 0.2) is 0 Å². The Bertz CT molecular complexity index is 139. The SMILES string of the molecule is C=C[Si](C)(C=C)[Si](C)(C)C.Cl. The Morgan fingerprint density at radius 1 is 0.909 bits per heavy atom. The van der Waals surface area contributed by atoms with E-state index in [0.717, 1.165) is 0 Å². The zero-order valence-corrected chi connectivity index (χ0v) is 10.8. The summed E-state index contributed by atoms with van der Waals surface area (Å²) in [6, 6.07) is 0. The normalized spacial score (nSPS) is 11.6. The van der Waals surface area contributed by atoms with E-state index in [-0.39, 0.29) is 12.4 Å². The standard InChI is InChI=1S/C8H18Si2.ClH/c1-7-10(6,8-2)9(3,4)5;/h7-8H,1-2H2,3-6H3;1H. The van der Waals surface area contributed by atoms with Crippen molar-refractivity contribution in [2.24, 2.45) is 0 Å². The van der Waals surface area contributed by atoms with E-state index in [1.54, 1.807) is 0 Å². The third-order valence-electron chi connectivity index (χ3n) is 2.46. The fraction of sp³-hybridized carbons (Fsp3) is 0.500. The summed E-state index contributed by atoms with van der Waals surface area (Å²) < 4.78 is 0. The number of rotatable bonds is 3. The largest absolute Gasteiger partial charge is 0.147 e. The van der Waals surface area contributed by atoms with Gasteiger partial charge in [-0.05, 0) is 0 Å². The Morgan fingerprint density at radius 2 is 1.18 bits per heavy atom. The highest BCUT2D eigenvalue weighted by Gasteiger charge is 2.35. The maximum absolute atomic E-state index is 3.90. The minimum Gasteiger partial charge on any atom is -0.147 e. The van der Waals surface area contributed by atoms with Crippen LogP contribution in [0.2, 0.25) is 26.2 Å². The first-order chi connectivity index (χ1) is 4.37. The first-order valence-corrected chi connectivity index (χ1v) is 10.8. The molecule has 0 fully saturated rings. The summed E-state index contributed by atoms with van der Waals surface area (Å²) in [6.07, 6.45) is 0. The van der Waals surface area contributed by atoms with Crippen molar-refractivity contribution in [1.82, 2.24) is 0 Å². The molecule has 0 heterocycles. The number of hydrogen-bond acceptors (Lipinski definition) is 0. The summed E-state index contributed by atoms with van der Waals surface area (Å²) in [5, 5.41) is 0. The molecule has 11 heavy (non-hydrogen) atoms. The summed E-state index contributed by atoms with van der Waals surface area (Å²) in [5.74, 6) is 0. The lowest BCUT2D eigenvalue weighted by Gasteiger charge is -2.32. The average molecular weight is 207 g/mol. The van der Waals surface area contributed by atoms with E-state index in [9.17, 15) is 0 Å². The Balaban J connectivity index is 0. The van der Waals surface area contributed by atoms with Crippen molar-refractivity contribution in [3.8, 4) is 0 Å². The van der Waals surface area contributed by atoms with Crippen molar-refractivity contribution >= 4 is 27.6 Å². The molecule has 0 aromatic carbocycles. The van der Waals surface area contributed by atoms with Crippen molar-refractivity contribution in [1.29, 1.82) is 0 Å². The van der Waals surface area contributed by atoms with Gasteiger partial charge in [-0.1, -0.05) is 26.2 Å². The smallest absolute Gasteiger partial charge is 0.0888 e. The van der Waals surface area contributed by atoms with Crippen molar-refractivity contribution < 1.29 is 0 Å². The van der Waals surface area contributed by atoms with E-state index in [4.69, 9.17) is 0 Å². The van der Waals surface area contributed by atoms with Crippen LogP contribution in [0, 0.1) is 0 Å². The van der Waals surface area contributed by atoms with Crippen molar-refractivity contribution in [2.45, 2.75) is 26.2 Å². The maximum atomic E-state index is 3.90. The van der Waals surface area contributed by atoms with Crippen molar-refractivity contribution in [2.75, 3.05) is 0 Å². The third-order valence-corrected chi connectivity index (χ3v) is 18.3. The van der Waals surface area contributed by atoms with Crippen LogP contribution in [0.1, 0.15) is 0 Å². The Morgan fingerprint density at radius 3 is 1.18 bits per heavy atom.